The second kappa shape index (κ2) is 12.4. The van der Waals surface area contributed by atoms with Crippen LogP contribution in [0.4, 0.5) is 0 Å². The summed E-state index contributed by atoms with van der Waals surface area (Å²) < 4.78 is 0. The van der Waals surface area contributed by atoms with Crippen molar-refractivity contribution in [2.75, 3.05) is 6.61 Å². The molecule has 2 unspecified atom stereocenters. The van der Waals surface area contributed by atoms with Crippen LogP contribution in [0.25, 0.3) is 0 Å². The Hall–Kier alpha value is -1.12. The summed E-state index contributed by atoms with van der Waals surface area (Å²) in [4.78, 5) is 0. The molecule has 0 spiro atoms. The SMILES string of the molecule is CC(C)=CCCC(C)(O)C1CC=C(C)CCC=C(CO)CCC=C(C)CC1. The molecule has 1 aliphatic carbocycles. The van der Waals surface area contributed by atoms with Crippen LogP contribution in [0, 0.1) is 5.92 Å². The van der Waals surface area contributed by atoms with Crippen LogP contribution in [-0.2, 0) is 0 Å². The number of aliphatic hydroxyl groups is 2. The molecule has 0 fully saturated rings. The van der Waals surface area contributed by atoms with Crippen LogP contribution in [-0.4, -0.2) is 22.4 Å². The van der Waals surface area contributed by atoms with Gasteiger partial charge in [0.15, 0.2) is 0 Å². The van der Waals surface area contributed by atoms with Gasteiger partial charge in [-0.3, -0.25) is 0 Å². The molecule has 0 radical (unpaired) electrons. The number of rotatable bonds is 5. The number of hydrogen-bond donors (Lipinski definition) is 2. The highest BCUT2D eigenvalue weighted by Gasteiger charge is 2.30. The summed E-state index contributed by atoms with van der Waals surface area (Å²) in [6, 6.07) is 0. The molecule has 0 aromatic rings. The Bertz CT molecular complexity index is 557. The zero-order valence-corrected chi connectivity index (χ0v) is 18.4. The van der Waals surface area contributed by atoms with Crippen LogP contribution in [0.3, 0.4) is 0 Å². The molecule has 2 atom stereocenters. The summed E-state index contributed by atoms with van der Waals surface area (Å²) in [7, 11) is 0. The highest BCUT2D eigenvalue weighted by Crippen LogP contribution is 2.32. The first-order valence-electron chi connectivity index (χ1n) is 10.7. The second-order valence-electron chi connectivity index (χ2n) is 8.85. The van der Waals surface area contributed by atoms with E-state index in [0.717, 1.165) is 63.4 Å². The molecule has 2 N–H and O–H groups in total. The zero-order chi connectivity index (χ0) is 20.3. The van der Waals surface area contributed by atoms with E-state index in [2.05, 4.69) is 52.0 Å². The molecule has 2 heteroatoms. The minimum Gasteiger partial charge on any atom is -0.392 e. The van der Waals surface area contributed by atoms with Gasteiger partial charge in [-0.25, -0.2) is 0 Å². The van der Waals surface area contributed by atoms with E-state index in [1.165, 1.54) is 16.7 Å². The van der Waals surface area contributed by atoms with Gasteiger partial charge in [-0.1, -0.05) is 41.0 Å². The van der Waals surface area contributed by atoms with E-state index in [-0.39, 0.29) is 12.5 Å². The van der Waals surface area contributed by atoms with Crippen LogP contribution in [0.5, 0.6) is 0 Å². The van der Waals surface area contributed by atoms with E-state index in [1.807, 2.05) is 6.92 Å². The van der Waals surface area contributed by atoms with E-state index in [9.17, 15) is 10.2 Å². The van der Waals surface area contributed by atoms with Crippen molar-refractivity contribution >= 4 is 0 Å². The lowest BCUT2D eigenvalue weighted by Gasteiger charge is -2.33. The molecule has 0 aliphatic heterocycles. The van der Waals surface area contributed by atoms with E-state index < -0.39 is 5.60 Å². The molecule has 0 bridgehead atoms. The largest absolute Gasteiger partial charge is 0.392 e. The molecule has 0 aromatic heterocycles. The van der Waals surface area contributed by atoms with Crippen LogP contribution in [0.1, 0.15) is 92.4 Å². The van der Waals surface area contributed by atoms with Crippen LogP contribution in [0.15, 0.2) is 46.6 Å². The van der Waals surface area contributed by atoms with Gasteiger partial charge in [0.05, 0.1) is 12.2 Å². The molecular weight excluding hydrogens is 332 g/mol. The van der Waals surface area contributed by atoms with Crippen molar-refractivity contribution in [3.05, 3.63) is 46.6 Å². The summed E-state index contributed by atoms with van der Waals surface area (Å²) in [5, 5.41) is 20.7. The summed E-state index contributed by atoms with van der Waals surface area (Å²) >= 11 is 0. The Morgan fingerprint density at radius 3 is 2.41 bits per heavy atom. The maximum Gasteiger partial charge on any atom is 0.0653 e. The van der Waals surface area contributed by atoms with Gasteiger partial charge in [0.1, 0.15) is 0 Å². The standard InChI is InChI=1S/C25H42O2/c1-20(2)9-8-18-25(5,27)24-16-14-21(3)10-6-12-23(19-26)13-7-11-22(4)15-17-24/h9-10,13,15,24,26-27H,6-8,11-12,14,16-19H2,1-5H3. The van der Waals surface area contributed by atoms with Crippen molar-refractivity contribution in [2.45, 2.75) is 98.0 Å². The lowest BCUT2D eigenvalue weighted by Crippen LogP contribution is -2.34. The highest BCUT2D eigenvalue weighted by molar-refractivity contribution is 5.09. The Morgan fingerprint density at radius 2 is 1.74 bits per heavy atom. The molecule has 0 amide bonds. The van der Waals surface area contributed by atoms with E-state index in [1.54, 1.807) is 0 Å². The molecule has 0 aromatic carbocycles. The van der Waals surface area contributed by atoms with E-state index >= 15 is 0 Å². The third-order valence-electron chi connectivity index (χ3n) is 5.85. The zero-order valence-electron chi connectivity index (χ0n) is 18.4. The molecule has 0 heterocycles. The third kappa shape index (κ3) is 10.1. The normalized spacial score (nSPS) is 22.6. The van der Waals surface area contributed by atoms with Gasteiger partial charge >= 0.3 is 0 Å². The minimum absolute atomic E-state index is 0.173. The maximum atomic E-state index is 11.2. The first-order valence-corrected chi connectivity index (χ1v) is 10.7. The fourth-order valence-corrected chi connectivity index (χ4v) is 3.74. The second-order valence-corrected chi connectivity index (χ2v) is 8.85. The lowest BCUT2D eigenvalue weighted by molar-refractivity contribution is -0.0105. The fraction of sp³-hybridized carbons (Fsp3) is 0.680. The van der Waals surface area contributed by atoms with Crippen LogP contribution in [0.2, 0.25) is 0 Å². The van der Waals surface area contributed by atoms with Crippen molar-refractivity contribution in [3.8, 4) is 0 Å². The molecule has 27 heavy (non-hydrogen) atoms. The monoisotopic (exact) mass is 374 g/mol. The summed E-state index contributed by atoms with van der Waals surface area (Å²) in [5.41, 5.74) is 4.63. The molecule has 154 valence electrons. The highest BCUT2D eigenvalue weighted by atomic mass is 16.3. The third-order valence-corrected chi connectivity index (χ3v) is 5.85. The van der Waals surface area contributed by atoms with Gasteiger partial charge in [-0.15, -0.1) is 0 Å². The van der Waals surface area contributed by atoms with Crippen LogP contribution < -0.4 is 0 Å². The first kappa shape index (κ1) is 23.9. The van der Waals surface area contributed by atoms with Gasteiger partial charge < -0.3 is 10.2 Å². The molecule has 0 saturated carbocycles. The molecule has 1 rings (SSSR count). The Kier molecular flexibility index (Phi) is 10.9. The van der Waals surface area contributed by atoms with Gasteiger partial charge in [0.2, 0.25) is 0 Å². The first-order chi connectivity index (χ1) is 12.7. The van der Waals surface area contributed by atoms with Gasteiger partial charge in [-0.05, 0) is 104 Å². The lowest BCUT2D eigenvalue weighted by atomic mass is 9.79. The summed E-state index contributed by atoms with van der Waals surface area (Å²) in [5.74, 6) is 0.285. The quantitative estimate of drug-likeness (QED) is 0.528. The average Bonchev–Trinajstić information content (AvgIpc) is 2.58. The van der Waals surface area contributed by atoms with Crippen molar-refractivity contribution < 1.29 is 10.2 Å². The van der Waals surface area contributed by atoms with E-state index in [4.69, 9.17) is 0 Å². The maximum absolute atomic E-state index is 11.2. The average molecular weight is 375 g/mol. The Morgan fingerprint density at radius 1 is 1.07 bits per heavy atom. The van der Waals surface area contributed by atoms with Gasteiger partial charge in [-0.2, -0.15) is 0 Å². The smallest absolute Gasteiger partial charge is 0.0653 e. The summed E-state index contributed by atoms with van der Waals surface area (Å²) in [6.07, 6.45) is 17.8. The van der Waals surface area contributed by atoms with Gasteiger partial charge in [0, 0.05) is 0 Å². The van der Waals surface area contributed by atoms with Crippen molar-refractivity contribution in [1.29, 1.82) is 0 Å². The van der Waals surface area contributed by atoms with Crippen molar-refractivity contribution in [2.24, 2.45) is 5.92 Å². The number of aliphatic hydroxyl groups excluding tert-OH is 1. The van der Waals surface area contributed by atoms with Gasteiger partial charge in [0.25, 0.3) is 0 Å². The Labute approximate surface area is 167 Å². The topological polar surface area (TPSA) is 40.5 Å². The molecular formula is C25H42O2. The van der Waals surface area contributed by atoms with Crippen LogP contribution >= 0.6 is 0 Å². The summed E-state index contributed by atoms with van der Waals surface area (Å²) in [6.45, 7) is 10.8. The number of allylic oxidation sites excluding steroid dienone is 7. The molecule has 2 nitrogen and oxygen atoms in total. The molecule has 1 aliphatic rings. The Balaban J connectivity index is 2.90. The molecule has 0 saturated heterocycles. The minimum atomic E-state index is -0.635. The number of hydrogen-bond acceptors (Lipinski definition) is 2. The van der Waals surface area contributed by atoms with Crippen molar-refractivity contribution in [3.63, 3.8) is 0 Å². The predicted octanol–water partition coefficient (Wildman–Crippen LogP) is 6.66. The fourth-order valence-electron chi connectivity index (χ4n) is 3.74. The van der Waals surface area contributed by atoms with E-state index in [0.29, 0.717) is 0 Å². The predicted molar refractivity (Wildman–Crippen MR) is 118 cm³/mol. The van der Waals surface area contributed by atoms with Crippen molar-refractivity contribution in [1.82, 2.24) is 0 Å².